The minimum Gasteiger partial charge on any atom is -0.357 e. The Bertz CT molecular complexity index is 1440. The Balaban J connectivity index is 1.62. The van der Waals surface area contributed by atoms with Crippen molar-refractivity contribution in [1.82, 2.24) is 15.4 Å². The average Bonchev–Trinajstić information content (AvgIpc) is 3.19. The number of aromatic nitrogens is 1. The largest absolute Gasteiger partial charge is 0.357 e. The SMILES string of the molecule is CNC(=O)[C@H](C(C)C)N(Cc1ccc(-c2ccccc2S(=O)(=O)Nc2onc(C)c2C)cc1)C(=O)C1CCC1. The number of hydrogen-bond acceptors (Lipinski definition) is 6. The van der Waals surface area contributed by atoms with Crippen molar-refractivity contribution in [3.63, 3.8) is 0 Å². The second-order valence-corrected chi connectivity index (χ2v) is 12.1. The monoisotopic (exact) mass is 552 g/mol. The number of nitrogens with one attached hydrogen (secondary N) is 2. The molecule has 0 unspecified atom stereocenters. The average molecular weight is 553 g/mol. The second kappa shape index (κ2) is 11.6. The van der Waals surface area contributed by atoms with E-state index in [0.29, 0.717) is 22.4 Å². The first-order valence-corrected chi connectivity index (χ1v) is 14.7. The van der Waals surface area contributed by atoms with Crippen molar-refractivity contribution >= 4 is 27.7 Å². The number of anilines is 1. The lowest BCUT2D eigenvalue weighted by Crippen LogP contribution is -2.53. The van der Waals surface area contributed by atoms with Crippen LogP contribution in [0.15, 0.2) is 57.9 Å². The quantitative estimate of drug-likeness (QED) is 0.377. The fourth-order valence-corrected chi connectivity index (χ4v) is 6.05. The molecule has 9 nitrogen and oxygen atoms in total. The van der Waals surface area contributed by atoms with E-state index in [1.165, 1.54) is 0 Å². The van der Waals surface area contributed by atoms with E-state index in [0.717, 1.165) is 24.8 Å². The van der Waals surface area contributed by atoms with Crippen LogP contribution in [0.25, 0.3) is 11.1 Å². The molecular formula is C29H36N4O5S. The molecule has 2 N–H and O–H groups in total. The molecule has 1 aromatic heterocycles. The van der Waals surface area contributed by atoms with E-state index in [-0.39, 0.29) is 41.0 Å². The lowest BCUT2D eigenvalue weighted by molar-refractivity contribution is -0.148. The third-order valence-corrected chi connectivity index (χ3v) is 8.79. The Morgan fingerprint density at radius 3 is 2.28 bits per heavy atom. The van der Waals surface area contributed by atoms with Crippen molar-refractivity contribution in [3.8, 4) is 11.1 Å². The van der Waals surface area contributed by atoms with Gasteiger partial charge in [0.25, 0.3) is 10.0 Å². The summed E-state index contributed by atoms with van der Waals surface area (Å²) in [4.78, 5) is 27.9. The lowest BCUT2D eigenvalue weighted by atomic mass is 9.83. The topological polar surface area (TPSA) is 122 Å². The third-order valence-electron chi connectivity index (χ3n) is 7.40. The van der Waals surface area contributed by atoms with E-state index in [4.69, 9.17) is 4.52 Å². The van der Waals surface area contributed by atoms with E-state index >= 15 is 0 Å². The summed E-state index contributed by atoms with van der Waals surface area (Å²) in [5, 5.41) is 6.53. The number of sulfonamides is 1. The van der Waals surface area contributed by atoms with Gasteiger partial charge >= 0.3 is 0 Å². The van der Waals surface area contributed by atoms with Crippen molar-refractivity contribution in [2.24, 2.45) is 11.8 Å². The second-order valence-electron chi connectivity index (χ2n) is 10.4. The number of nitrogens with zero attached hydrogens (tertiary/aromatic N) is 2. The van der Waals surface area contributed by atoms with Crippen LogP contribution in [0.5, 0.6) is 0 Å². The molecule has 1 atom stereocenters. The number of likely N-dealkylation sites (N-methyl/N-ethyl adjacent to an activating group) is 1. The highest BCUT2D eigenvalue weighted by Crippen LogP contribution is 2.32. The molecule has 2 aromatic carbocycles. The molecule has 0 spiro atoms. The minimum atomic E-state index is -3.96. The maximum absolute atomic E-state index is 13.4. The van der Waals surface area contributed by atoms with Gasteiger partial charge in [0.05, 0.1) is 10.6 Å². The highest BCUT2D eigenvalue weighted by Gasteiger charge is 2.37. The third kappa shape index (κ3) is 6.00. The Kier molecular flexibility index (Phi) is 8.44. The van der Waals surface area contributed by atoms with Crippen LogP contribution in [0.1, 0.15) is 49.9 Å². The standard InChI is InChI=1S/C29H36N4O5S/c1-18(2)26(27(34)30-5)33(29(35)23-9-8-10-23)17-21-13-15-22(16-14-21)24-11-6-7-12-25(24)39(36,37)32-28-19(3)20(4)31-38-28/h6-7,11-16,18,23,26,32H,8-10,17H2,1-5H3,(H,30,34)/t26-/m0/s1. The van der Waals surface area contributed by atoms with Gasteiger partial charge in [-0.2, -0.15) is 0 Å². The Hall–Kier alpha value is -3.66. The number of rotatable bonds is 10. The Morgan fingerprint density at radius 2 is 1.74 bits per heavy atom. The Morgan fingerprint density at radius 1 is 1.08 bits per heavy atom. The molecule has 2 amide bonds. The van der Waals surface area contributed by atoms with Gasteiger partial charge in [-0.3, -0.25) is 9.59 Å². The van der Waals surface area contributed by atoms with Crippen LogP contribution >= 0.6 is 0 Å². The molecule has 1 fully saturated rings. The molecular weight excluding hydrogens is 516 g/mol. The van der Waals surface area contributed by atoms with Gasteiger partial charge in [0.15, 0.2) is 0 Å². The first-order valence-electron chi connectivity index (χ1n) is 13.2. The summed E-state index contributed by atoms with van der Waals surface area (Å²) < 4.78 is 34.2. The summed E-state index contributed by atoms with van der Waals surface area (Å²) in [6.45, 7) is 7.65. The van der Waals surface area contributed by atoms with E-state index in [2.05, 4.69) is 15.2 Å². The summed E-state index contributed by atoms with van der Waals surface area (Å²) >= 11 is 0. The summed E-state index contributed by atoms with van der Waals surface area (Å²) in [5.74, 6) is -0.193. The van der Waals surface area contributed by atoms with E-state index in [9.17, 15) is 18.0 Å². The summed E-state index contributed by atoms with van der Waals surface area (Å²) in [6.07, 6.45) is 2.72. The van der Waals surface area contributed by atoms with Crippen molar-refractivity contribution in [3.05, 3.63) is 65.4 Å². The fourth-order valence-electron chi connectivity index (χ4n) is 4.77. The number of aryl methyl sites for hydroxylation is 1. The Labute approximate surface area is 230 Å². The van der Waals surface area contributed by atoms with Gasteiger partial charge < -0.3 is 14.7 Å². The molecule has 208 valence electrons. The summed E-state index contributed by atoms with van der Waals surface area (Å²) in [7, 11) is -2.37. The molecule has 10 heteroatoms. The van der Waals surface area contributed by atoms with E-state index < -0.39 is 16.1 Å². The van der Waals surface area contributed by atoms with Crippen LogP contribution in [0.4, 0.5) is 5.88 Å². The van der Waals surface area contributed by atoms with Gasteiger partial charge in [0.2, 0.25) is 17.7 Å². The van der Waals surface area contributed by atoms with Gasteiger partial charge in [-0.1, -0.05) is 67.9 Å². The first-order chi connectivity index (χ1) is 18.5. The number of carbonyl (C=O) groups excluding carboxylic acids is 2. The summed E-state index contributed by atoms with van der Waals surface area (Å²) in [6, 6.07) is 13.6. The van der Waals surface area contributed by atoms with Crippen LogP contribution in [-0.2, 0) is 26.2 Å². The first kappa shape index (κ1) is 28.4. The van der Waals surface area contributed by atoms with E-state index in [1.807, 2.05) is 38.1 Å². The molecule has 1 heterocycles. The molecule has 3 aromatic rings. The van der Waals surface area contributed by atoms with Gasteiger partial charge in [-0.15, -0.1) is 0 Å². The molecule has 4 rings (SSSR count). The van der Waals surface area contributed by atoms with Crippen molar-refractivity contribution in [2.45, 2.75) is 64.4 Å². The zero-order valence-electron chi connectivity index (χ0n) is 23.0. The van der Waals surface area contributed by atoms with Crippen LogP contribution in [-0.4, -0.2) is 43.4 Å². The normalized spacial score (nSPS) is 14.5. The van der Waals surface area contributed by atoms with Crippen LogP contribution < -0.4 is 10.0 Å². The minimum absolute atomic E-state index is 0.00749. The van der Waals surface area contributed by atoms with Gasteiger partial charge in [-0.05, 0) is 49.8 Å². The van der Waals surface area contributed by atoms with Crippen LogP contribution in [0.3, 0.4) is 0 Å². The molecule has 0 saturated heterocycles. The predicted molar refractivity (Wildman–Crippen MR) is 149 cm³/mol. The zero-order valence-corrected chi connectivity index (χ0v) is 23.8. The number of amides is 2. The maximum atomic E-state index is 13.4. The molecule has 1 aliphatic carbocycles. The van der Waals surface area contributed by atoms with E-state index in [1.54, 1.807) is 50.1 Å². The summed E-state index contributed by atoms with van der Waals surface area (Å²) in [5.41, 5.74) is 3.31. The van der Waals surface area contributed by atoms with Crippen LogP contribution in [0.2, 0.25) is 0 Å². The van der Waals surface area contributed by atoms with Crippen molar-refractivity contribution in [1.29, 1.82) is 0 Å². The maximum Gasteiger partial charge on any atom is 0.264 e. The smallest absolute Gasteiger partial charge is 0.264 e. The number of hydrogen-bond donors (Lipinski definition) is 2. The molecule has 0 aliphatic heterocycles. The number of benzene rings is 2. The molecule has 0 bridgehead atoms. The molecule has 1 saturated carbocycles. The van der Waals surface area contributed by atoms with Gasteiger partial charge in [0, 0.05) is 30.6 Å². The highest BCUT2D eigenvalue weighted by molar-refractivity contribution is 7.92. The van der Waals surface area contributed by atoms with Gasteiger partial charge in [0.1, 0.15) is 6.04 Å². The molecule has 39 heavy (non-hydrogen) atoms. The molecule has 0 radical (unpaired) electrons. The fraction of sp³-hybridized carbons (Fsp3) is 0.414. The van der Waals surface area contributed by atoms with Crippen molar-refractivity contribution < 1.29 is 22.5 Å². The van der Waals surface area contributed by atoms with Crippen LogP contribution in [0, 0.1) is 25.7 Å². The zero-order chi connectivity index (χ0) is 28.3. The molecule has 1 aliphatic rings. The lowest BCUT2D eigenvalue weighted by Gasteiger charge is -2.38. The highest BCUT2D eigenvalue weighted by atomic mass is 32.2. The number of carbonyl (C=O) groups is 2. The predicted octanol–water partition coefficient (Wildman–Crippen LogP) is 4.66. The van der Waals surface area contributed by atoms with Gasteiger partial charge in [-0.25, -0.2) is 13.1 Å². The van der Waals surface area contributed by atoms with Crippen molar-refractivity contribution in [2.75, 3.05) is 11.8 Å².